The van der Waals surface area contributed by atoms with Crippen molar-refractivity contribution in [3.05, 3.63) is 65.2 Å². The van der Waals surface area contributed by atoms with Crippen LogP contribution < -0.4 is 21.1 Å². The van der Waals surface area contributed by atoms with E-state index in [9.17, 15) is 9.59 Å². The van der Waals surface area contributed by atoms with Crippen molar-refractivity contribution in [3.8, 4) is 5.75 Å². The summed E-state index contributed by atoms with van der Waals surface area (Å²) < 4.78 is 5.32. The van der Waals surface area contributed by atoms with Crippen molar-refractivity contribution in [2.24, 2.45) is 10.7 Å². The molecule has 4 N–H and O–H groups in total. The Balaban J connectivity index is 0.00000480. The number of nitrogens with one attached hydrogen (secondary N) is 2. The molecule has 2 amide bonds. The molecule has 0 atom stereocenters. The third-order valence-corrected chi connectivity index (χ3v) is 4.25. The van der Waals surface area contributed by atoms with Crippen LogP contribution >= 0.6 is 24.0 Å². The fraction of sp³-hybridized carbons (Fsp3) is 0.318. The summed E-state index contributed by atoms with van der Waals surface area (Å²) in [5.74, 6) is 0.728. The molecule has 2 aromatic rings. The molecule has 8 nitrogen and oxygen atoms in total. The average molecular weight is 539 g/mol. The number of aliphatic imine (C=N–C) groups is 1. The number of benzene rings is 2. The lowest BCUT2D eigenvalue weighted by molar-refractivity contribution is -0.119. The van der Waals surface area contributed by atoms with Crippen molar-refractivity contribution < 1.29 is 14.3 Å². The van der Waals surface area contributed by atoms with E-state index in [2.05, 4.69) is 15.6 Å². The highest BCUT2D eigenvalue weighted by Crippen LogP contribution is 2.13. The molecule has 0 radical (unpaired) electrons. The van der Waals surface area contributed by atoms with Crippen molar-refractivity contribution in [1.29, 1.82) is 0 Å². The molecule has 0 heterocycles. The highest BCUT2D eigenvalue weighted by Gasteiger charge is 2.08. The third-order valence-electron chi connectivity index (χ3n) is 4.25. The van der Waals surface area contributed by atoms with Gasteiger partial charge in [0.15, 0.2) is 12.6 Å². The molecular weight excluding hydrogens is 509 g/mol. The Hall–Kier alpha value is -2.82. The quantitative estimate of drug-likeness (QED) is 0.256. The molecular formula is C22H30IN5O3. The Bertz CT molecular complexity index is 902. The number of ether oxygens (including phenoxy) is 1. The van der Waals surface area contributed by atoms with E-state index in [0.29, 0.717) is 30.4 Å². The molecule has 0 aliphatic carbocycles. The van der Waals surface area contributed by atoms with Crippen LogP contribution in [0.25, 0.3) is 0 Å². The summed E-state index contributed by atoms with van der Waals surface area (Å²) in [5, 5.41) is 6.50. The fourth-order valence-corrected chi connectivity index (χ4v) is 2.75. The van der Waals surface area contributed by atoms with Crippen LogP contribution in [0, 0.1) is 0 Å². The lowest BCUT2D eigenvalue weighted by Crippen LogP contribution is -2.37. The second kappa shape index (κ2) is 13.5. The first-order valence-corrected chi connectivity index (χ1v) is 9.64. The van der Waals surface area contributed by atoms with Gasteiger partial charge in [0.1, 0.15) is 5.75 Å². The molecule has 9 heteroatoms. The first-order chi connectivity index (χ1) is 14.4. The van der Waals surface area contributed by atoms with Gasteiger partial charge >= 0.3 is 0 Å². The van der Waals surface area contributed by atoms with E-state index in [4.69, 9.17) is 10.5 Å². The Morgan fingerprint density at radius 2 is 1.77 bits per heavy atom. The van der Waals surface area contributed by atoms with Crippen molar-refractivity contribution in [2.75, 3.05) is 34.3 Å². The van der Waals surface area contributed by atoms with Crippen LogP contribution in [0.1, 0.15) is 21.5 Å². The standard InChI is InChI=1S/C22H29N5O3.HI/c1-24-22(26-14-17-7-5-9-19(13-17)30-15-20(23)28)25-11-10-16-6-4-8-18(12-16)21(29)27(2)3;/h4-9,12-13H,10-11,14-15H2,1-3H3,(H2,23,28)(H2,24,25,26);1H. The van der Waals surface area contributed by atoms with Crippen LogP contribution in [-0.2, 0) is 17.8 Å². The van der Waals surface area contributed by atoms with E-state index in [1.807, 2.05) is 42.5 Å². The lowest BCUT2D eigenvalue weighted by Gasteiger charge is -2.14. The summed E-state index contributed by atoms with van der Waals surface area (Å²) in [6.45, 7) is 1.06. The summed E-state index contributed by atoms with van der Waals surface area (Å²) >= 11 is 0. The molecule has 0 bridgehead atoms. The molecule has 0 aromatic heterocycles. The zero-order valence-corrected chi connectivity index (χ0v) is 20.4. The minimum Gasteiger partial charge on any atom is -0.484 e. The maximum atomic E-state index is 12.1. The molecule has 0 aliphatic heterocycles. The Labute approximate surface area is 200 Å². The van der Waals surface area contributed by atoms with E-state index in [1.165, 1.54) is 0 Å². The number of hydrogen-bond acceptors (Lipinski definition) is 4. The summed E-state index contributed by atoms with van der Waals surface area (Å²) in [6.07, 6.45) is 0.756. The van der Waals surface area contributed by atoms with E-state index in [0.717, 1.165) is 17.5 Å². The number of halogens is 1. The Morgan fingerprint density at radius 3 is 2.45 bits per heavy atom. The third kappa shape index (κ3) is 9.24. The molecule has 168 valence electrons. The van der Waals surface area contributed by atoms with Gasteiger partial charge in [0.05, 0.1) is 0 Å². The maximum Gasteiger partial charge on any atom is 0.255 e. The molecule has 0 spiro atoms. The summed E-state index contributed by atoms with van der Waals surface area (Å²) in [5.41, 5.74) is 7.83. The topological polar surface area (TPSA) is 109 Å². The van der Waals surface area contributed by atoms with Gasteiger partial charge in [-0.2, -0.15) is 0 Å². The zero-order chi connectivity index (χ0) is 21.9. The van der Waals surface area contributed by atoms with Gasteiger partial charge in [0.25, 0.3) is 11.8 Å². The van der Waals surface area contributed by atoms with Crippen LogP contribution in [0.4, 0.5) is 0 Å². The van der Waals surface area contributed by atoms with Gasteiger partial charge in [-0.25, -0.2) is 0 Å². The SMILES string of the molecule is CN=C(NCCc1cccc(C(=O)N(C)C)c1)NCc1cccc(OCC(N)=O)c1.I. The van der Waals surface area contributed by atoms with Crippen LogP contribution in [0.2, 0.25) is 0 Å². The monoisotopic (exact) mass is 539 g/mol. The molecule has 2 aromatic carbocycles. The highest BCUT2D eigenvalue weighted by atomic mass is 127. The van der Waals surface area contributed by atoms with E-state index < -0.39 is 5.91 Å². The Morgan fingerprint density at radius 1 is 1.06 bits per heavy atom. The van der Waals surface area contributed by atoms with Crippen molar-refractivity contribution in [1.82, 2.24) is 15.5 Å². The first-order valence-electron chi connectivity index (χ1n) is 9.64. The van der Waals surface area contributed by atoms with Crippen LogP contribution in [0.5, 0.6) is 5.75 Å². The van der Waals surface area contributed by atoms with Crippen LogP contribution in [0.3, 0.4) is 0 Å². The molecule has 0 saturated carbocycles. The normalized spacial score (nSPS) is 10.6. The van der Waals surface area contributed by atoms with Gasteiger partial charge in [-0.3, -0.25) is 14.6 Å². The van der Waals surface area contributed by atoms with Crippen LogP contribution in [-0.4, -0.2) is 57.0 Å². The second-order valence-electron chi connectivity index (χ2n) is 6.90. The maximum absolute atomic E-state index is 12.1. The van der Waals surface area contributed by atoms with Crippen molar-refractivity contribution in [2.45, 2.75) is 13.0 Å². The van der Waals surface area contributed by atoms with Gasteiger partial charge in [0, 0.05) is 39.8 Å². The van der Waals surface area contributed by atoms with Crippen molar-refractivity contribution in [3.63, 3.8) is 0 Å². The van der Waals surface area contributed by atoms with Gasteiger partial charge in [-0.1, -0.05) is 24.3 Å². The Kier molecular flexibility index (Phi) is 11.4. The lowest BCUT2D eigenvalue weighted by atomic mass is 10.1. The molecule has 2 rings (SSSR count). The van der Waals surface area contributed by atoms with E-state index in [1.54, 1.807) is 32.1 Å². The van der Waals surface area contributed by atoms with E-state index >= 15 is 0 Å². The number of guanidine groups is 1. The summed E-state index contributed by atoms with van der Waals surface area (Å²) in [7, 11) is 5.19. The highest BCUT2D eigenvalue weighted by molar-refractivity contribution is 14.0. The first kappa shape index (κ1) is 26.2. The average Bonchev–Trinajstić information content (AvgIpc) is 2.74. The number of amides is 2. The number of carbonyl (C=O) groups is 2. The number of carbonyl (C=O) groups excluding carboxylic acids is 2. The second-order valence-corrected chi connectivity index (χ2v) is 6.90. The predicted molar refractivity (Wildman–Crippen MR) is 133 cm³/mol. The van der Waals surface area contributed by atoms with Gasteiger partial charge in [-0.05, 0) is 41.8 Å². The molecule has 0 fully saturated rings. The zero-order valence-electron chi connectivity index (χ0n) is 18.1. The number of nitrogens with zero attached hydrogens (tertiary/aromatic N) is 2. The van der Waals surface area contributed by atoms with Gasteiger partial charge in [-0.15, -0.1) is 24.0 Å². The smallest absolute Gasteiger partial charge is 0.255 e. The number of nitrogens with two attached hydrogens (primary N) is 1. The molecule has 31 heavy (non-hydrogen) atoms. The van der Waals surface area contributed by atoms with Crippen LogP contribution in [0.15, 0.2) is 53.5 Å². The largest absolute Gasteiger partial charge is 0.484 e. The fourth-order valence-electron chi connectivity index (χ4n) is 2.75. The number of hydrogen-bond donors (Lipinski definition) is 3. The summed E-state index contributed by atoms with van der Waals surface area (Å²) in [6, 6.07) is 15.1. The number of rotatable bonds is 9. The van der Waals surface area contributed by atoms with Crippen molar-refractivity contribution >= 4 is 41.8 Å². The molecule has 0 saturated heterocycles. The van der Waals surface area contributed by atoms with Gasteiger partial charge in [0.2, 0.25) is 0 Å². The minimum absolute atomic E-state index is 0. The predicted octanol–water partition coefficient (Wildman–Crippen LogP) is 1.78. The summed E-state index contributed by atoms with van der Waals surface area (Å²) in [4.78, 5) is 28.7. The molecule has 0 aliphatic rings. The van der Waals surface area contributed by atoms with E-state index in [-0.39, 0.29) is 36.5 Å². The molecule has 0 unspecified atom stereocenters. The minimum atomic E-state index is -0.514. The number of primary amides is 1. The van der Waals surface area contributed by atoms with Gasteiger partial charge < -0.3 is 26.0 Å².